The summed E-state index contributed by atoms with van der Waals surface area (Å²) in [7, 11) is 0. The lowest BCUT2D eigenvalue weighted by Gasteiger charge is -2.22. The predicted molar refractivity (Wildman–Crippen MR) is 51.5 cm³/mol. The van der Waals surface area contributed by atoms with Crippen LogP contribution >= 0.6 is 0 Å². The Bertz CT molecular complexity index is 171. The zero-order valence-electron chi connectivity index (χ0n) is 8.69. The fourth-order valence-corrected chi connectivity index (χ4v) is 0.852. The maximum atomic E-state index is 11.8. The van der Waals surface area contributed by atoms with Gasteiger partial charge in [-0.2, -0.15) is 0 Å². The van der Waals surface area contributed by atoms with Gasteiger partial charge in [0.2, 0.25) is 0 Å². The molecule has 0 heterocycles. The third kappa shape index (κ3) is 7.68. The van der Waals surface area contributed by atoms with Crippen molar-refractivity contribution < 1.29 is 8.78 Å². The topological polar surface area (TPSA) is 24.4 Å². The highest BCUT2D eigenvalue weighted by Gasteiger charge is 2.11. The van der Waals surface area contributed by atoms with Crippen LogP contribution in [0, 0.1) is 0 Å². The third-order valence-corrected chi connectivity index (χ3v) is 1.27. The van der Waals surface area contributed by atoms with Crippen LogP contribution in [0.25, 0.3) is 0 Å². The zero-order valence-corrected chi connectivity index (χ0v) is 8.69. The molecule has 0 amide bonds. The van der Waals surface area contributed by atoms with Gasteiger partial charge in [-0.05, 0) is 20.8 Å². The number of hydrogen-bond acceptors (Lipinski definition) is 1. The molecule has 0 aliphatic heterocycles. The maximum absolute atomic E-state index is 11.8. The van der Waals surface area contributed by atoms with Crippen molar-refractivity contribution in [2.24, 2.45) is 4.99 Å². The van der Waals surface area contributed by atoms with Gasteiger partial charge in [0, 0.05) is 12.0 Å². The molecule has 1 N–H and O–H groups in total. The summed E-state index contributed by atoms with van der Waals surface area (Å²) < 4.78 is 23.7. The number of nitrogens with zero attached hydrogens (tertiary/aromatic N) is 1. The number of aliphatic imine (C=N–C) groups is 1. The first-order valence-electron chi connectivity index (χ1n) is 4.45. The summed E-state index contributed by atoms with van der Waals surface area (Å²) in [5.41, 5.74) is -0.114. The second-order valence-corrected chi connectivity index (χ2v) is 3.91. The number of hydrogen-bond donors (Lipinski definition) is 1. The first-order chi connectivity index (χ1) is 5.85. The highest BCUT2D eigenvalue weighted by Crippen LogP contribution is 2.01. The van der Waals surface area contributed by atoms with Gasteiger partial charge in [-0.15, -0.1) is 0 Å². The van der Waals surface area contributed by atoms with E-state index in [1.54, 1.807) is 0 Å². The molecule has 13 heavy (non-hydrogen) atoms. The average molecular weight is 192 g/mol. The van der Waals surface area contributed by atoms with E-state index in [4.69, 9.17) is 0 Å². The van der Waals surface area contributed by atoms with Crippen LogP contribution in [0.15, 0.2) is 4.99 Å². The number of halogens is 2. The van der Waals surface area contributed by atoms with Gasteiger partial charge in [-0.25, -0.2) is 8.78 Å². The lowest BCUT2D eigenvalue weighted by atomic mass is 10.1. The molecule has 0 saturated heterocycles. The van der Waals surface area contributed by atoms with Gasteiger partial charge in [-0.1, -0.05) is 6.92 Å². The Labute approximate surface area is 78.4 Å². The predicted octanol–water partition coefficient (Wildman–Crippen LogP) is 2.45. The number of amidine groups is 1. The molecule has 4 heteroatoms. The van der Waals surface area contributed by atoms with Crippen LogP contribution in [0.5, 0.6) is 0 Å². The second kappa shape index (κ2) is 5.14. The van der Waals surface area contributed by atoms with Crippen molar-refractivity contribution in [1.29, 1.82) is 0 Å². The number of nitrogens with one attached hydrogen (secondary N) is 1. The third-order valence-electron chi connectivity index (χ3n) is 1.27. The van der Waals surface area contributed by atoms with Gasteiger partial charge < -0.3 is 5.32 Å². The SMILES string of the molecule is CCC(=NCC(F)F)NC(C)(C)C. The molecule has 0 aromatic carbocycles. The Morgan fingerprint density at radius 3 is 2.23 bits per heavy atom. The van der Waals surface area contributed by atoms with E-state index in [-0.39, 0.29) is 5.54 Å². The molecule has 0 aliphatic carbocycles. The van der Waals surface area contributed by atoms with Crippen molar-refractivity contribution in [1.82, 2.24) is 5.32 Å². The first kappa shape index (κ1) is 12.3. The molecule has 2 nitrogen and oxygen atoms in total. The van der Waals surface area contributed by atoms with E-state index in [1.807, 2.05) is 27.7 Å². The molecule has 0 aromatic rings. The highest BCUT2D eigenvalue weighted by atomic mass is 19.3. The van der Waals surface area contributed by atoms with Gasteiger partial charge >= 0.3 is 0 Å². The molecule has 0 rings (SSSR count). The van der Waals surface area contributed by atoms with Crippen LogP contribution < -0.4 is 5.32 Å². The Balaban J connectivity index is 4.10. The van der Waals surface area contributed by atoms with Gasteiger partial charge in [-0.3, -0.25) is 4.99 Å². The van der Waals surface area contributed by atoms with E-state index >= 15 is 0 Å². The van der Waals surface area contributed by atoms with Crippen LogP contribution in [0.3, 0.4) is 0 Å². The maximum Gasteiger partial charge on any atom is 0.257 e. The van der Waals surface area contributed by atoms with E-state index in [9.17, 15) is 8.78 Å². The van der Waals surface area contributed by atoms with Crippen LogP contribution in [0.2, 0.25) is 0 Å². The summed E-state index contributed by atoms with van der Waals surface area (Å²) >= 11 is 0. The fraction of sp³-hybridized carbons (Fsp3) is 0.889. The van der Waals surface area contributed by atoms with Crippen LogP contribution in [-0.2, 0) is 0 Å². The van der Waals surface area contributed by atoms with E-state index in [0.717, 1.165) is 0 Å². The molecule has 0 aliphatic rings. The van der Waals surface area contributed by atoms with Crippen molar-refractivity contribution in [2.45, 2.75) is 46.1 Å². The van der Waals surface area contributed by atoms with Crippen molar-refractivity contribution in [3.63, 3.8) is 0 Å². The summed E-state index contributed by atoms with van der Waals surface area (Å²) in [4.78, 5) is 3.78. The molecule has 0 radical (unpaired) electrons. The van der Waals surface area contributed by atoms with Gasteiger partial charge in [0.1, 0.15) is 6.54 Å². The van der Waals surface area contributed by atoms with Gasteiger partial charge in [0.15, 0.2) is 0 Å². The summed E-state index contributed by atoms with van der Waals surface area (Å²) in [5.74, 6) is 0.646. The minimum absolute atomic E-state index is 0.114. The van der Waals surface area contributed by atoms with E-state index in [1.165, 1.54) is 0 Å². The molecule has 78 valence electrons. The van der Waals surface area contributed by atoms with E-state index in [0.29, 0.717) is 12.3 Å². The lowest BCUT2D eigenvalue weighted by Crippen LogP contribution is -2.40. The Kier molecular flexibility index (Phi) is 4.88. The lowest BCUT2D eigenvalue weighted by molar-refractivity contribution is 0.158. The van der Waals surface area contributed by atoms with E-state index < -0.39 is 13.0 Å². The molecule has 0 saturated carbocycles. The Morgan fingerprint density at radius 2 is 1.92 bits per heavy atom. The first-order valence-corrected chi connectivity index (χ1v) is 4.45. The molecule has 0 bridgehead atoms. The summed E-state index contributed by atoms with van der Waals surface area (Å²) in [6, 6.07) is 0. The highest BCUT2D eigenvalue weighted by molar-refractivity contribution is 5.82. The van der Waals surface area contributed by atoms with Crippen molar-refractivity contribution in [2.75, 3.05) is 6.54 Å². The number of rotatable bonds is 3. The molecule has 0 aromatic heterocycles. The van der Waals surface area contributed by atoms with Crippen LogP contribution in [0.1, 0.15) is 34.1 Å². The van der Waals surface area contributed by atoms with Crippen molar-refractivity contribution in [3.05, 3.63) is 0 Å². The Morgan fingerprint density at radius 1 is 1.38 bits per heavy atom. The summed E-state index contributed by atoms with van der Waals surface area (Å²) in [5, 5.41) is 3.08. The molecule has 0 atom stereocenters. The Hall–Kier alpha value is -0.670. The molecule has 0 fully saturated rings. The number of alkyl halides is 2. The fourth-order valence-electron chi connectivity index (χ4n) is 0.852. The quantitative estimate of drug-likeness (QED) is 0.539. The van der Waals surface area contributed by atoms with Crippen molar-refractivity contribution >= 4 is 5.84 Å². The summed E-state index contributed by atoms with van der Waals surface area (Å²) in [6.07, 6.45) is -1.70. The molecule has 0 spiro atoms. The van der Waals surface area contributed by atoms with Gasteiger partial charge in [0.25, 0.3) is 6.43 Å². The minimum atomic E-state index is -2.36. The molecule has 0 unspecified atom stereocenters. The summed E-state index contributed by atoms with van der Waals surface area (Å²) in [6.45, 7) is 7.40. The van der Waals surface area contributed by atoms with Gasteiger partial charge in [0.05, 0.1) is 5.84 Å². The smallest absolute Gasteiger partial charge is 0.257 e. The minimum Gasteiger partial charge on any atom is -0.369 e. The zero-order chi connectivity index (χ0) is 10.5. The normalized spacial score (nSPS) is 13.6. The monoisotopic (exact) mass is 192 g/mol. The largest absolute Gasteiger partial charge is 0.369 e. The average Bonchev–Trinajstić information content (AvgIpc) is 1.95. The standard InChI is InChI=1S/C9H18F2N2/c1-5-8(12-6-7(10)11)13-9(2,3)4/h7H,5-6H2,1-4H3,(H,12,13). The molecular formula is C9H18F2N2. The van der Waals surface area contributed by atoms with Crippen molar-refractivity contribution in [3.8, 4) is 0 Å². The van der Waals surface area contributed by atoms with Crippen LogP contribution in [0.4, 0.5) is 8.78 Å². The molecular weight excluding hydrogens is 174 g/mol. The van der Waals surface area contributed by atoms with Crippen LogP contribution in [-0.4, -0.2) is 24.3 Å². The van der Waals surface area contributed by atoms with E-state index in [2.05, 4.69) is 10.3 Å². The second-order valence-electron chi connectivity index (χ2n) is 3.91.